The number of carbonyl (C=O) groups excluding carboxylic acids is 1. The van der Waals surface area contributed by atoms with Crippen molar-refractivity contribution in [3.05, 3.63) is 28.5 Å². The van der Waals surface area contributed by atoms with E-state index in [-0.39, 0.29) is 18.2 Å². The first-order valence-corrected chi connectivity index (χ1v) is 8.31. The molecule has 1 aromatic rings. The summed E-state index contributed by atoms with van der Waals surface area (Å²) in [5.41, 5.74) is 0.517. The van der Waals surface area contributed by atoms with Crippen LogP contribution in [0.1, 0.15) is 37.3 Å². The first-order chi connectivity index (χ1) is 10.2. The van der Waals surface area contributed by atoms with E-state index in [1.807, 2.05) is 11.1 Å². The number of hydrogen-bond donors (Lipinski definition) is 1. The number of nitrogens with one attached hydrogen (secondary N) is 1. The minimum absolute atomic E-state index is 0.0559. The average Bonchev–Trinajstić information content (AvgIpc) is 3.00. The normalized spacial score (nSPS) is 30.9. The van der Waals surface area contributed by atoms with Gasteiger partial charge in [-0.2, -0.15) is 0 Å². The zero-order valence-electron chi connectivity index (χ0n) is 11.7. The van der Waals surface area contributed by atoms with Crippen molar-refractivity contribution in [2.24, 2.45) is 0 Å². The van der Waals surface area contributed by atoms with Gasteiger partial charge in [0.1, 0.15) is 6.23 Å². The third-order valence-corrected chi connectivity index (χ3v) is 5.27. The second kappa shape index (κ2) is 5.04. The molecule has 1 amide bonds. The molecule has 0 aromatic carbocycles. The highest BCUT2D eigenvalue weighted by Gasteiger charge is 2.57. The molecule has 3 fully saturated rings. The Morgan fingerprint density at radius 1 is 1.33 bits per heavy atom. The number of ether oxygens (including phenoxy) is 1. The van der Waals surface area contributed by atoms with Gasteiger partial charge in [-0.3, -0.25) is 9.78 Å². The summed E-state index contributed by atoms with van der Waals surface area (Å²) in [6.07, 6.45) is 7.00. The molecular formula is C15H18BrN3O2. The topological polar surface area (TPSA) is 54.5 Å². The molecule has 0 unspecified atom stereocenters. The SMILES string of the molecule is O=C1N2[C@@H](CC[C@H]2c2cncc(Br)c2)OC12CCNCC2. The standard InChI is InChI=1S/C15H18BrN3O2/c16-11-7-10(8-18-9-11)12-1-2-13-19(12)14(20)15(21-13)3-5-17-6-4-15/h7-9,12-13,17H,1-6H2/t12-,13+/m0/s1. The number of nitrogens with zero attached hydrogens (tertiary/aromatic N) is 2. The van der Waals surface area contributed by atoms with Crippen molar-refractivity contribution >= 4 is 21.8 Å². The average molecular weight is 352 g/mol. The van der Waals surface area contributed by atoms with E-state index >= 15 is 0 Å². The zero-order valence-corrected chi connectivity index (χ0v) is 13.3. The number of aromatic nitrogens is 1. The van der Waals surface area contributed by atoms with Gasteiger partial charge in [0.25, 0.3) is 5.91 Å². The van der Waals surface area contributed by atoms with Gasteiger partial charge in [0.15, 0.2) is 5.60 Å². The van der Waals surface area contributed by atoms with Crippen LogP contribution in [0.3, 0.4) is 0 Å². The number of hydrogen-bond acceptors (Lipinski definition) is 4. The van der Waals surface area contributed by atoms with Gasteiger partial charge < -0.3 is 15.0 Å². The van der Waals surface area contributed by atoms with Crippen molar-refractivity contribution in [3.8, 4) is 0 Å². The van der Waals surface area contributed by atoms with Crippen molar-refractivity contribution in [2.45, 2.75) is 43.6 Å². The summed E-state index contributed by atoms with van der Waals surface area (Å²) >= 11 is 3.46. The second-order valence-corrected chi connectivity index (χ2v) is 6.97. The predicted molar refractivity (Wildman–Crippen MR) is 80.5 cm³/mol. The highest BCUT2D eigenvalue weighted by Crippen LogP contribution is 2.47. The lowest BCUT2D eigenvalue weighted by atomic mass is 9.90. The molecule has 4 heterocycles. The number of fused-ring (bicyclic) bond motifs is 1. The Morgan fingerprint density at radius 2 is 2.14 bits per heavy atom. The van der Waals surface area contributed by atoms with Gasteiger partial charge in [0, 0.05) is 16.9 Å². The lowest BCUT2D eigenvalue weighted by Crippen LogP contribution is -2.49. The van der Waals surface area contributed by atoms with Crippen LogP contribution in [0.2, 0.25) is 0 Å². The number of carbonyl (C=O) groups is 1. The van der Waals surface area contributed by atoms with Gasteiger partial charge in [-0.25, -0.2) is 0 Å². The fourth-order valence-electron chi connectivity index (χ4n) is 3.81. The smallest absolute Gasteiger partial charge is 0.257 e. The van der Waals surface area contributed by atoms with Gasteiger partial charge in [-0.1, -0.05) is 0 Å². The van der Waals surface area contributed by atoms with E-state index in [2.05, 4.69) is 32.3 Å². The van der Waals surface area contributed by atoms with E-state index in [0.717, 1.165) is 48.8 Å². The van der Waals surface area contributed by atoms with Crippen LogP contribution in [-0.4, -0.2) is 40.7 Å². The molecule has 112 valence electrons. The first-order valence-electron chi connectivity index (χ1n) is 7.51. The van der Waals surface area contributed by atoms with Crippen LogP contribution in [0.15, 0.2) is 22.9 Å². The summed E-state index contributed by atoms with van der Waals surface area (Å²) < 4.78 is 7.16. The van der Waals surface area contributed by atoms with Crippen LogP contribution in [0, 0.1) is 0 Å². The Morgan fingerprint density at radius 3 is 2.90 bits per heavy atom. The predicted octanol–water partition coefficient (Wildman–Crippen LogP) is 1.99. The molecule has 0 aliphatic carbocycles. The van der Waals surface area contributed by atoms with Crippen molar-refractivity contribution in [1.82, 2.24) is 15.2 Å². The molecule has 0 saturated carbocycles. The maximum atomic E-state index is 13.0. The molecule has 4 rings (SSSR count). The van der Waals surface area contributed by atoms with E-state index in [1.54, 1.807) is 6.20 Å². The lowest BCUT2D eigenvalue weighted by Gasteiger charge is -2.32. The summed E-state index contributed by atoms with van der Waals surface area (Å²) in [5.74, 6) is 0.177. The lowest BCUT2D eigenvalue weighted by molar-refractivity contribution is -0.140. The quantitative estimate of drug-likeness (QED) is 0.840. The van der Waals surface area contributed by atoms with Crippen LogP contribution in [0.25, 0.3) is 0 Å². The first kappa shape index (κ1) is 13.7. The number of pyridine rings is 1. The molecule has 6 heteroatoms. The summed E-state index contributed by atoms with van der Waals surface area (Å²) in [5, 5.41) is 3.31. The molecule has 3 aliphatic heterocycles. The molecule has 1 N–H and O–H groups in total. The molecule has 1 spiro atoms. The van der Waals surface area contributed by atoms with Gasteiger partial charge in [0.05, 0.1) is 6.04 Å². The van der Waals surface area contributed by atoms with Crippen LogP contribution < -0.4 is 5.32 Å². The van der Waals surface area contributed by atoms with Gasteiger partial charge in [-0.15, -0.1) is 0 Å². The van der Waals surface area contributed by atoms with Gasteiger partial charge in [0.2, 0.25) is 0 Å². The Kier molecular flexibility index (Phi) is 3.28. The summed E-state index contributed by atoms with van der Waals surface area (Å²) in [6, 6.07) is 2.16. The second-order valence-electron chi connectivity index (χ2n) is 6.06. The van der Waals surface area contributed by atoms with E-state index in [0.29, 0.717) is 0 Å². The van der Waals surface area contributed by atoms with Crippen molar-refractivity contribution < 1.29 is 9.53 Å². The van der Waals surface area contributed by atoms with Crippen molar-refractivity contribution in [3.63, 3.8) is 0 Å². The molecule has 3 aliphatic rings. The van der Waals surface area contributed by atoms with Gasteiger partial charge in [-0.05, 0) is 66.3 Å². The van der Waals surface area contributed by atoms with Crippen LogP contribution in [0.4, 0.5) is 0 Å². The highest BCUT2D eigenvalue weighted by molar-refractivity contribution is 9.10. The minimum Gasteiger partial charge on any atom is -0.342 e. The Balaban J connectivity index is 1.64. The van der Waals surface area contributed by atoms with E-state index in [1.165, 1.54) is 0 Å². The highest BCUT2D eigenvalue weighted by atomic mass is 79.9. The van der Waals surface area contributed by atoms with Crippen molar-refractivity contribution in [1.29, 1.82) is 0 Å². The molecule has 5 nitrogen and oxygen atoms in total. The van der Waals surface area contributed by atoms with E-state index in [9.17, 15) is 4.79 Å². The van der Waals surface area contributed by atoms with Gasteiger partial charge >= 0.3 is 0 Å². The fourth-order valence-corrected chi connectivity index (χ4v) is 4.20. The maximum absolute atomic E-state index is 13.0. The molecule has 2 atom stereocenters. The molecule has 0 radical (unpaired) electrons. The van der Waals surface area contributed by atoms with Crippen LogP contribution >= 0.6 is 15.9 Å². The maximum Gasteiger partial charge on any atom is 0.257 e. The largest absolute Gasteiger partial charge is 0.342 e. The molecule has 3 saturated heterocycles. The number of rotatable bonds is 1. The Bertz CT molecular complexity index is 574. The molecule has 1 aromatic heterocycles. The fraction of sp³-hybridized carbons (Fsp3) is 0.600. The third-order valence-electron chi connectivity index (χ3n) is 4.84. The summed E-state index contributed by atoms with van der Waals surface area (Å²) in [7, 11) is 0. The Labute approximate surface area is 132 Å². The molecular weight excluding hydrogens is 334 g/mol. The Hall–Kier alpha value is -0.980. The number of halogens is 1. The van der Waals surface area contributed by atoms with Crippen molar-refractivity contribution in [2.75, 3.05) is 13.1 Å². The van der Waals surface area contributed by atoms with E-state index < -0.39 is 5.60 Å². The molecule has 21 heavy (non-hydrogen) atoms. The zero-order chi connectivity index (χ0) is 14.4. The van der Waals surface area contributed by atoms with Crippen LogP contribution in [0.5, 0.6) is 0 Å². The number of amides is 1. The molecule has 0 bridgehead atoms. The summed E-state index contributed by atoms with van der Waals surface area (Å²) in [4.78, 5) is 19.2. The third kappa shape index (κ3) is 2.12. The summed E-state index contributed by atoms with van der Waals surface area (Å²) in [6.45, 7) is 1.71. The monoisotopic (exact) mass is 351 g/mol. The van der Waals surface area contributed by atoms with E-state index in [4.69, 9.17) is 4.74 Å². The van der Waals surface area contributed by atoms with Crippen LogP contribution in [-0.2, 0) is 9.53 Å². The number of piperidine rings is 1. The minimum atomic E-state index is -0.575.